The molecule has 168 valence electrons. The molecule has 0 amide bonds. The lowest BCUT2D eigenvalue weighted by atomic mass is 9.85. The van der Waals surface area contributed by atoms with Gasteiger partial charge >= 0.3 is 5.69 Å². The number of aliphatic hydroxyl groups excluding tert-OH is 1. The topological polar surface area (TPSA) is 115 Å². The van der Waals surface area contributed by atoms with Gasteiger partial charge in [-0.3, -0.25) is 13.7 Å². The van der Waals surface area contributed by atoms with Crippen LogP contribution < -0.4 is 5.69 Å². The minimum atomic E-state index is -0.542. The third kappa shape index (κ3) is 2.89. The first kappa shape index (κ1) is 20.3. The Morgan fingerprint density at radius 3 is 2.74 bits per heavy atom. The maximum Gasteiger partial charge on any atom is 0.330 e. The minimum absolute atomic E-state index is 0.151. The molecule has 0 fully saturated rings. The van der Waals surface area contributed by atoms with Crippen LogP contribution in [-0.2, 0) is 6.54 Å². The summed E-state index contributed by atoms with van der Waals surface area (Å²) >= 11 is 0. The fourth-order valence-electron chi connectivity index (χ4n) is 5.00. The van der Waals surface area contributed by atoms with Gasteiger partial charge in [0.15, 0.2) is 5.65 Å². The molecule has 2 aromatic carbocycles. The van der Waals surface area contributed by atoms with Gasteiger partial charge in [0.25, 0.3) is 0 Å². The predicted molar refractivity (Wildman–Crippen MR) is 126 cm³/mol. The second kappa shape index (κ2) is 7.64. The van der Waals surface area contributed by atoms with Crippen LogP contribution in [0.3, 0.4) is 0 Å². The summed E-state index contributed by atoms with van der Waals surface area (Å²) < 4.78 is 5.13. The van der Waals surface area contributed by atoms with Crippen LogP contribution in [0.2, 0.25) is 0 Å². The van der Waals surface area contributed by atoms with Crippen LogP contribution in [0.25, 0.3) is 28.1 Å². The van der Waals surface area contributed by atoms with E-state index >= 15 is 0 Å². The molecule has 9 heteroatoms. The largest absolute Gasteiger partial charge is 0.388 e. The van der Waals surface area contributed by atoms with Gasteiger partial charge in [-0.25, -0.2) is 14.8 Å². The van der Waals surface area contributed by atoms with Crippen molar-refractivity contribution in [3.8, 4) is 12.0 Å². The fourth-order valence-corrected chi connectivity index (χ4v) is 5.00. The number of rotatable bonds is 3. The molecular formula is C25H21N7O2. The van der Waals surface area contributed by atoms with Gasteiger partial charge in [0.1, 0.15) is 11.8 Å². The molecule has 0 unspecified atom stereocenters. The van der Waals surface area contributed by atoms with Gasteiger partial charge in [0.05, 0.1) is 41.0 Å². The summed E-state index contributed by atoms with van der Waals surface area (Å²) in [5, 5.41) is 19.8. The number of benzene rings is 2. The standard InChI is InChI=1S/C25H21N7O2/c1-2-30-21-13-27-24(31-14-28-18-8-7-15(12-26)11-20(18)31)29-23(21)32(25(30)34)19-9-10-22(33)17-6-4-3-5-16(17)19/h3-8,11,13-14,19,22,33H,2,9-10H2,1H3/t19-,22-/m1/s1. The van der Waals surface area contributed by atoms with Gasteiger partial charge in [-0.05, 0) is 49.1 Å². The monoisotopic (exact) mass is 451 g/mol. The number of aliphatic hydroxyl groups is 1. The molecule has 34 heavy (non-hydrogen) atoms. The van der Waals surface area contributed by atoms with Crippen molar-refractivity contribution in [2.45, 2.75) is 38.5 Å². The number of hydrogen-bond acceptors (Lipinski definition) is 6. The number of fused-ring (bicyclic) bond motifs is 3. The van der Waals surface area contributed by atoms with Crippen LogP contribution in [0, 0.1) is 11.3 Å². The average molecular weight is 451 g/mol. The van der Waals surface area contributed by atoms with Gasteiger partial charge in [0, 0.05) is 6.54 Å². The minimum Gasteiger partial charge on any atom is -0.388 e. The fraction of sp³-hybridized carbons (Fsp3) is 0.240. The van der Waals surface area contributed by atoms with E-state index in [-0.39, 0.29) is 11.7 Å². The number of hydrogen-bond donors (Lipinski definition) is 1. The zero-order valence-corrected chi connectivity index (χ0v) is 18.5. The smallest absolute Gasteiger partial charge is 0.330 e. The van der Waals surface area contributed by atoms with Crippen molar-refractivity contribution in [3.05, 3.63) is 82.2 Å². The lowest BCUT2D eigenvalue weighted by Gasteiger charge is -2.29. The summed E-state index contributed by atoms with van der Waals surface area (Å²) in [6, 6.07) is 14.9. The highest BCUT2D eigenvalue weighted by Gasteiger charge is 2.30. The summed E-state index contributed by atoms with van der Waals surface area (Å²) in [7, 11) is 0. The quantitative estimate of drug-likeness (QED) is 0.450. The Labute approximate surface area is 194 Å². The lowest BCUT2D eigenvalue weighted by Crippen LogP contribution is -2.30. The molecule has 0 radical (unpaired) electrons. The Morgan fingerprint density at radius 1 is 1.12 bits per heavy atom. The van der Waals surface area contributed by atoms with Crippen LogP contribution >= 0.6 is 0 Å². The van der Waals surface area contributed by atoms with E-state index in [0.717, 1.165) is 16.6 Å². The predicted octanol–water partition coefficient (Wildman–Crippen LogP) is 3.24. The van der Waals surface area contributed by atoms with E-state index in [4.69, 9.17) is 4.98 Å². The second-order valence-corrected chi connectivity index (χ2v) is 8.44. The first-order valence-electron chi connectivity index (χ1n) is 11.2. The molecule has 0 saturated carbocycles. The summed E-state index contributed by atoms with van der Waals surface area (Å²) in [5.74, 6) is 0.372. The van der Waals surface area contributed by atoms with Gasteiger partial charge in [-0.1, -0.05) is 24.3 Å². The van der Waals surface area contributed by atoms with Crippen molar-refractivity contribution in [2.75, 3.05) is 0 Å². The first-order chi connectivity index (χ1) is 16.6. The molecule has 6 rings (SSSR count). The molecule has 2 atom stereocenters. The molecule has 9 nitrogen and oxygen atoms in total. The van der Waals surface area contributed by atoms with E-state index in [1.165, 1.54) is 0 Å². The maximum absolute atomic E-state index is 13.5. The van der Waals surface area contributed by atoms with Crippen molar-refractivity contribution < 1.29 is 5.11 Å². The third-order valence-corrected chi connectivity index (χ3v) is 6.64. The normalized spacial score (nSPS) is 17.7. The van der Waals surface area contributed by atoms with Crippen LogP contribution in [-0.4, -0.2) is 33.8 Å². The number of nitrogens with zero attached hydrogens (tertiary/aromatic N) is 7. The van der Waals surface area contributed by atoms with Crippen LogP contribution in [0.4, 0.5) is 0 Å². The zero-order valence-electron chi connectivity index (χ0n) is 18.5. The van der Waals surface area contributed by atoms with Gasteiger partial charge < -0.3 is 5.11 Å². The molecule has 0 saturated heterocycles. The number of imidazole rings is 2. The Morgan fingerprint density at radius 2 is 1.94 bits per heavy atom. The Balaban J connectivity index is 1.60. The van der Waals surface area contributed by atoms with Gasteiger partial charge in [-0.15, -0.1) is 0 Å². The molecule has 5 aromatic rings. The highest BCUT2D eigenvalue weighted by molar-refractivity contribution is 5.79. The average Bonchev–Trinajstić information content (AvgIpc) is 3.41. The van der Waals surface area contributed by atoms with Crippen LogP contribution in [0.5, 0.6) is 0 Å². The van der Waals surface area contributed by atoms with Crippen LogP contribution in [0.1, 0.15) is 48.6 Å². The number of nitriles is 1. The summed E-state index contributed by atoms with van der Waals surface area (Å²) in [6.07, 6.45) is 3.94. The van der Waals surface area contributed by atoms with E-state index < -0.39 is 6.10 Å². The van der Waals surface area contributed by atoms with E-state index in [1.807, 2.05) is 31.2 Å². The molecule has 1 N–H and O–H groups in total. The second-order valence-electron chi connectivity index (χ2n) is 8.44. The highest BCUT2D eigenvalue weighted by atomic mass is 16.3. The van der Waals surface area contributed by atoms with Gasteiger partial charge in [-0.2, -0.15) is 10.2 Å². The molecule has 0 spiro atoms. The first-order valence-corrected chi connectivity index (χ1v) is 11.2. The highest BCUT2D eigenvalue weighted by Crippen LogP contribution is 2.38. The third-order valence-electron chi connectivity index (χ3n) is 6.64. The molecule has 0 bridgehead atoms. The summed E-state index contributed by atoms with van der Waals surface area (Å²) in [4.78, 5) is 27.3. The molecule has 0 aliphatic heterocycles. The number of aromatic nitrogens is 6. The van der Waals surface area contributed by atoms with Crippen molar-refractivity contribution in [1.82, 2.24) is 28.7 Å². The van der Waals surface area contributed by atoms with E-state index in [1.54, 1.807) is 44.4 Å². The Bertz CT molecular complexity index is 1670. The number of aryl methyl sites for hydroxylation is 1. The summed E-state index contributed by atoms with van der Waals surface area (Å²) in [6.45, 7) is 2.41. The van der Waals surface area contributed by atoms with Crippen molar-refractivity contribution in [3.63, 3.8) is 0 Å². The SMILES string of the molecule is CCn1c(=O)n([C@@H]2CC[C@@H](O)c3ccccc32)c2nc(-n3cnc4ccc(C#N)cc43)ncc21. The van der Waals surface area contributed by atoms with E-state index in [9.17, 15) is 15.2 Å². The Hall–Kier alpha value is -4.29. The van der Waals surface area contributed by atoms with Crippen molar-refractivity contribution in [2.24, 2.45) is 0 Å². The van der Waals surface area contributed by atoms with E-state index in [2.05, 4.69) is 16.0 Å². The van der Waals surface area contributed by atoms with Crippen molar-refractivity contribution in [1.29, 1.82) is 5.26 Å². The molecule has 1 aliphatic rings. The van der Waals surface area contributed by atoms with Crippen LogP contribution in [0.15, 0.2) is 59.8 Å². The molecule has 3 heterocycles. The Kier molecular flexibility index (Phi) is 4.57. The van der Waals surface area contributed by atoms with Crippen molar-refractivity contribution >= 4 is 22.2 Å². The summed E-state index contributed by atoms with van der Waals surface area (Å²) in [5.41, 5.74) is 4.78. The lowest BCUT2D eigenvalue weighted by molar-refractivity contribution is 0.147. The molecule has 3 aromatic heterocycles. The maximum atomic E-state index is 13.5. The zero-order chi connectivity index (χ0) is 23.4. The molecule has 1 aliphatic carbocycles. The van der Waals surface area contributed by atoms with Gasteiger partial charge in [0.2, 0.25) is 5.95 Å². The van der Waals surface area contributed by atoms with E-state index in [0.29, 0.717) is 47.6 Å². The molecular weight excluding hydrogens is 430 g/mol.